The summed E-state index contributed by atoms with van der Waals surface area (Å²) >= 11 is 5.56. The first-order valence-electron chi connectivity index (χ1n) is 5.87. The van der Waals surface area contributed by atoms with Gasteiger partial charge in [0.15, 0.2) is 0 Å². The van der Waals surface area contributed by atoms with Gasteiger partial charge in [0.1, 0.15) is 0 Å². The molecule has 1 amide bonds. The smallest absolute Gasteiger partial charge is 0.404 e. The quantitative estimate of drug-likeness (QED) is 0.654. The Balaban J connectivity index is 2.44. The van der Waals surface area contributed by atoms with Gasteiger partial charge in [-0.2, -0.15) is 0 Å². The summed E-state index contributed by atoms with van der Waals surface area (Å²) < 4.78 is 0. The highest BCUT2D eigenvalue weighted by atomic mass is 35.5. The minimum atomic E-state index is -1.09. The Morgan fingerprint density at radius 3 is 2.50 bits per heavy atom. The monoisotopic (exact) mass is 249 g/mol. The minimum Gasteiger partial charge on any atom is -0.465 e. The van der Waals surface area contributed by atoms with E-state index < -0.39 is 18.2 Å². The highest BCUT2D eigenvalue weighted by molar-refractivity contribution is 6.18. The molecule has 0 unspecified atom stereocenters. The number of rotatable bonds is 5. The van der Waals surface area contributed by atoms with Crippen LogP contribution in [-0.4, -0.2) is 34.3 Å². The van der Waals surface area contributed by atoms with Crippen molar-refractivity contribution in [1.29, 1.82) is 0 Å². The van der Waals surface area contributed by atoms with Gasteiger partial charge in [-0.05, 0) is 12.3 Å². The predicted octanol–water partition coefficient (Wildman–Crippen LogP) is 2.19. The number of alkyl halides is 1. The van der Waals surface area contributed by atoms with E-state index in [9.17, 15) is 9.90 Å². The Labute approximate surface area is 101 Å². The first-order chi connectivity index (χ1) is 7.63. The standard InChI is InChI=1S/C11H20ClNO3/c12-7-10(14)9(13-11(15)16)6-8-4-2-1-3-5-8/h8-10,13-14H,1-7H2,(H,15,16)/t9-,10-/m0/s1. The average Bonchev–Trinajstić information content (AvgIpc) is 2.28. The second kappa shape index (κ2) is 6.97. The van der Waals surface area contributed by atoms with Crippen LogP contribution in [0.5, 0.6) is 0 Å². The molecule has 1 fully saturated rings. The lowest BCUT2D eigenvalue weighted by atomic mass is 9.84. The second-order valence-corrected chi connectivity index (χ2v) is 4.83. The van der Waals surface area contributed by atoms with Crippen molar-refractivity contribution < 1.29 is 15.0 Å². The fourth-order valence-corrected chi connectivity index (χ4v) is 2.58. The third kappa shape index (κ3) is 4.58. The highest BCUT2D eigenvalue weighted by Gasteiger charge is 2.25. The molecule has 0 saturated heterocycles. The molecule has 0 aromatic rings. The molecule has 0 aromatic carbocycles. The van der Waals surface area contributed by atoms with Crippen molar-refractivity contribution in [3.05, 3.63) is 0 Å². The van der Waals surface area contributed by atoms with Crippen molar-refractivity contribution in [2.75, 3.05) is 5.88 Å². The lowest BCUT2D eigenvalue weighted by molar-refractivity contribution is 0.118. The lowest BCUT2D eigenvalue weighted by Gasteiger charge is -2.28. The minimum absolute atomic E-state index is 0.0671. The number of carbonyl (C=O) groups is 1. The summed E-state index contributed by atoms with van der Waals surface area (Å²) in [6.45, 7) is 0. The van der Waals surface area contributed by atoms with Crippen LogP contribution in [0.2, 0.25) is 0 Å². The van der Waals surface area contributed by atoms with Gasteiger partial charge < -0.3 is 15.5 Å². The number of carboxylic acid groups (broad SMARTS) is 1. The van der Waals surface area contributed by atoms with Gasteiger partial charge in [-0.15, -0.1) is 11.6 Å². The Hall–Kier alpha value is -0.480. The molecule has 16 heavy (non-hydrogen) atoms. The Morgan fingerprint density at radius 1 is 1.38 bits per heavy atom. The van der Waals surface area contributed by atoms with E-state index in [1.165, 1.54) is 19.3 Å². The maximum absolute atomic E-state index is 10.6. The zero-order valence-corrected chi connectivity index (χ0v) is 10.1. The molecule has 3 N–H and O–H groups in total. The number of hydrogen-bond acceptors (Lipinski definition) is 2. The van der Waals surface area contributed by atoms with Gasteiger partial charge in [-0.1, -0.05) is 32.1 Å². The largest absolute Gasteiger partial charge is 0.465 e. The molecule has 1 aliphatic rings. The number of hydrogen-bond donors (Lipinski definition) is 3. The zero-order chi connectivity index (χ0) is 12.0. The Kier molecular flexibility index (Phi) is 5.91. The van der Waals surface area contributed by atoms with E-state index in [4.69, 9.17) is 16.7 Å². The third-order valence-electron chi connectivity index (χ3n) is 3.24. The summed E-state index contributed by atoms with van der Waals surface area (Å²) in [7, 11) is 0. The van der Waals surface area contributed by atoms with Crippen molar-refractivity contribution in [1.82, 2.24) is 5.32 Å². The summed E-state index contributed by atoms with van der Waals surface area (Å²) in [5.41, 5.74) is 0. The number of aliphatic hydroxyl groups is 1. The van der Waals surface area contributed by atoms with Gasteiger partial charge in [-0.25, -0.2) is 4.79 Å². The van der Waals surface area contributed by atoms with Gasteiger partial charge in [0.05, 0.1) is 18.0 Å². The van der Waals surface area contributed by atoms with Crippen LogP contribution < -0.4 is 5.32 Å². The fraction of sp³-hybridized carbons (Fsp3) is 0.909. The molecular weight excluding hydrogens is 230 g/mol. The van der Waals surface area contributed by atoms with Gasteiger partial charge in [0, 0.05) is 0 Å². The topological polar surface area (TPSA) is 69.6 Å². The number of amides is 1. The molecule has 0 aromatic heterocycles. The zero-order valence-electron chi connectivity index (χ0n) is 9.36. The Bertz CT molecular complexity index is 219. The van der Waals surface area contributed by atoms with Crippen LogP contribution in [0.15, 0.2) is 0 Å². The number of halogens is 1. The summed E-state index contributed by atoms with van der Waals surface area (Å²) in [4.78, 5) is 10.6. The SMILES string of the molecule is O=C(O)N[C@@H](CC1CCCCC1)[C@@H](O)CCl. The molecular formula is C11H20ClNO3. The Morgan fingerprint density at radius 2 is 2.00 bits per heavy atom. The van der Waals surface area contributed by atoms with E-state index in [2.05, 4.69) is 5.32 Å². The average molecular weight is 250 g/mol. The van der Waals surface area contributed by atoms with Crippen molar-refractivity contribution >= 4 is 17.7 Å². The molecule has 5 heteroatoms. The summed E-state index contributed by atoms with van der Waals surface area (Å²) in [5.74, 6) is 0.584. The maximum Gasteiger partial charge on any atom is 0.404 e. The first-order valence-corrected chi connectivity index (χ1v) is 6.40. The molecule has 1 saturated carbocycles. The second-order valence-electron chi connectivity index (χ2n) is 4.52. The molecule has 0 spiro atoms. The van der Waals surface area contributed by atoms with Gasteiger partial charge in [0.2, 0.25) is 0 Å². The van der Waals surface area contributed by atoms with E-state index in [0.717, 1.165) is 12.8 Å². The van der Waals surface area contributed by atoms with Crippen LogP contribution in [0.4, 0.5) is 4.79 Å². The van der Waals surface area contributed by atoms with E-state index >= 15 is 0 Å². The van der Waals surface area contributed by atoms with Crippen molar-refractivity contribution in [2.24, 2.45) is 5.92 Å². The summed E-state index contributed by atoms with van der Waals surface area (Å²) in [6, 6.07) is -0.432. The maximum atomic E-state index is 10.6. The van der Waals surface area contributed by atoms with Crippen molar-refractivity contribution in [3.63, 3.8) is 0 Å². The summed E-state index contributed by atoms with van der Waals surface area (Å²) in [5, 5.41) is 20.7. The van der Waals surface area contributed by atoms with Crippen LogP contribution in [0.3, 0.4) is 0 Å². The molecule has 0 aliphatic heterocycles. The molecule has 0 bridgehead atoms. The van der Waals surface area contributed by atoms with E-state index in [-0.39, 0.29) is 5.88 Å². The first kappa shape index (κ1) is 13.6. The summed E-state index contributed by atoms with van der Waals surface area (Å²) in [6.07, 6.45) is 4.76. The molecule has 2 atom stereocenters. The van der Waals surface area contributed by atoms with Crippen LogP contribution in [0.1, 0.15) is 38.5 Å². The van der Waals surface area contributed by atoms with Gasteiger partial charge >= 0.3 is 6.09 Å². The van der Waals surface area contributed by atoms with Crippen molar-refractivity contribution in [2.45, 2.75) is 50.7 Å². The van der Waals surface area contributed by atoms with E-state index in [1.54, 1.807) is 0 Å². The normalized spacial score (nSPS) is 21.4. The number of aliphatic hydroxyl groups excluding tert-OH is 1. The lowest BCUT2D eigenvalue weighted by Crippen LogP contribution is -2.45. The van der Waals surface area contributed by atoms with Crippen LogP contribution >= 0.6 is 11.6 Å². The van der Waals surface area contributed by atoms with Gasteiger partial charge in [0.25, 0.3) is 0 Å². The molecule has 4 nitrogen and oxygen atoms in total. The van der Waals surface area contributed by atoms with Crippen LogP contribution in [0.25, 0.3) is 0 Å². The number of nitrogens with one attached hydrogen (secondary N) is 1. The van der Waals surface area contributed by atoms with E-state index in [0.29, 0.717) is 12.3 Å². The van der Waals surface area contributed by atoms with Gasteiger partial charge in [-0.3, -0.25) is 0 Å². The predicted molar refractivity (Wildman–Crippen MR) is 62.9 cm³/mol. The third-order valence-corrected chi connectivity index (χ3v) is 3.56. The highest BCUT2D eigenvalue weighted by Crippen LogP contribution is 2.28. The van der Waals surface area contributed by atoms with Crippen LogP contribution in [0, 0.1) is 5.92 Å². The molecule has 94 valence electrons. The fourth-order valence-electron chi connectivity index (χ4n) is 2.36. The van der Waals surface area contributed by atoms with Crippen molar-refractivity contribution in [3.8, 4) is 0 Å². The van der Waals surface area contributed by atoms with Crippen LogP contribution in [-0.2, 0) is 0 Å². The molecule has 1 aliphatic carbocycles. The molecule has 1 rings (SSSR count). The molecule has 0 heterocycles. The molecule has 0 radical (unpaired) electrons. The van der Waals surface area contributed by atoms with E-state index in [1.807, 2.05) is 0 Å².